The Morgan fingerprint density at radius 3 is 2.73 bits per heavy atom. The fourth-order valence-corrected chi connectivity index (χ4v) is 4.77. The van der Waals surface area contributed by atoms with Crippen molar-refractivity contribution in [2.24, 2.45) is 5.92 Å². The average Bonchev–Trinajstić information content (AvgIpc) is 3.40. The number of nitrogens with one attached hydrogen (secondary N) is 1. The summed E-state index contributed by atoms with van der Waals surface area (Å²) in [5.74, 6) is 0.429. The summed E-state index contributed by atoms with van der Waals surface area (Å²) in [6, 6.07) is 9.96. The summed E-state index contributed by atoms with van der Waals surface area (Å²) in [5.41, 5.74) is 5.69. The molecular weight excluding hydrogens is 416 g/mol. The molecule has 0 bridgehead atoms. The lowest BCUT2D eigenvalue weighted by Gasteiger charge is -2.26. The van der Waals surface area contributed by atoms with Gasteiger partial charge in [0, 0.05) is 44.2 Å². The second-order valence-electron chi connectivity index (χ2n) is 9.67. The van der Waals surface area contributed by atoms with Gasteiger partial charge in [0.05, 0.1) is 30.0 Å². The zero-order chi connectivity index (χ0) is 22.9. The van der Waals surface area contributed by atoms with Gasteiger partial charge in [-0.1, -0.05) is 32.0 Å². The molecule has 1 saturated heterocycles. The molecule has 0 aliphatic carbocycles. The molecule has 2 aliphatic rings. The number of phenolic OH excluding ortho intramolecular Hbond substituents is 1. The monoisotopic (exact) mass is 448 g/mol. The van der Waals surface area contributed by atoms with Crippen LogP contribution in [0.2, 0.25) is 0 Å². The van der Waals surface area contributed by atoms with Crippen molar-refractivity contribution in [3.05, 3.63) is 58.3 Å². The highest BCUT2D eigenvalue weighted by atomic mass is 16.5. The summed E-state index contributed by atoms with van der Waals surface area (Å²) < 4.78 is 5.44. The fourth-order valence-electron chi connectivity index (χ4n) is 4.77. The molecule has 174 valence electrons. The zero-order valence-corrected chi connectivity index (χ0v) is 19.4. The molecule has 5 rings (SSSR count). The first-order valence-corrected chi connectivity index (χ1v) is 11.9. The van der Waals surface area contributed by atoms with E-state index in [0.29, 0.717) is 24.6 Å². The Morgan fingerprint density at radius 2 is 1.94 bits per heavy atom. The first-order valence-electron chi connectivity index (χ1n) is 11.9. The Morgan fingerprint density at radius 1 is 1.15 bits per heavy atom. The Labute approximate surface area is 194 Å². The topological polar surface area (TPSA) is 81.7 Å². The molecule has 1 amide bonds. The van der Waals surface area contributed by atoms with Crippen molar-refractivity contribution in [1.29, 1.82) is 0 Å². The number of aryl methyl sites for hydroxylation is 1. The third kappa shape index (κ3) is 4.61. The molecule has 0 saturated carbocycles. The quantitative estimate of drug-likeness (QED) is 0.599. The van der Waals surface area contributed by atoms with Crippen LogP contribution in [0.1, 0.15) is 53.0 Å². The summed E-state index contributed by atoms with van der Waals surface area (Å²) in [6.45, 7) is 9.89. The van der Waals surface area contributed by atoms with E-state index >= 15 is 0 Å². The number of ether oxygens (including phenoxy) is 1. The lowest BCUT2D eigenvalue weighted by Crippen LogP contribution is -2.35. The molecule has 2 aromatic carbocycles. The number of benzene rings is 2. The number of carbonyl (C=O) groups is 1. The number of phenols is 1. The van der Waals surface area contributed by atoms with E-state index in [1.165, 1.54) is 16.7 Å². The van der Waals surface area contributed by atoms with Crippen LogP contribution in [0.25, 0.3) is 10.9 Å². The largest absolute Gasteiger partial charge is 0.507 e. The van der Waals surface area contributed by atoms with E-state index in [2.05, 4.69) is 47.1 Å². The van der Waals surface area contributed by atoms with Crippen LogP contribution in [-0.4, -0.2) is 57.3 Å². The van der Waals surface area contributed by atoms with Crippen LogP contribution in [0.4, 0.5) is 0 Å². The number of amides is 1. The van der Waals surface area contributed by atoms with E-state index in [9.17, 15) is 9.90 Å². The Bertz CT molecular complexity index is 1160. The van der Waals surface area contributed by atoms with Crippen molar-refractivity contribution in [2.45, 2.75) is 46.3 Å². The van der Waals surface area contributed by atoms with Gasteiger partial charge < -0.3 is 14.7 Å². The molecule has 1 fully saturated rings. The third-order valence-corrected chi connectivity index (χ3v) is 6.74. The van der Waals surface area contributed by atoms with Crippen LogP contribution in [-0.2, 0) is 30.8 Å². The maximum Gasteiger partial charge on any atom is 0.258 e. The third-order valence-electron chi connectivity index (χ3n) is 6.74. The van der Waals surface area contributed by atoms with Crippen LogP contribution in [0, 0.1) is 5.92 Å². The number of fused-ring (bicyclic) bond motifs is 2. The van der Waals surface area contributed by atoms with Crippen molar-refractivity contribution >= 4 is 16.8 Å². The predicted molar refractivity (Wildman–Crippen MR) is 127 cm³/mol. The van der Waals surface area contributed by atoms with E-state index in [4.69, 9.17) is 4.74 Å². The molecule has 0 unspecified atom stereocenters. The van der Waals surface area contributed by atoms with Gasteiger partial charge in [0.1, 0.15) is 5.75 Å². The first kappa shape index (κ1) is 21.9. The molecule has 3 aromatic rings. The Balaban J connectivity index is 1.33. The number of hydrogen-bond donors (Lipinski definition) is 2. The number of aromatic nitrogens is 2. The first-order chi connectivity index (χ1) is 16.0. The van der Waals surface area contributed by atoms with Gasteiger partial charge in [-0.3, -0.25) is 14.8 Å². The van der Waals surface area contributed by atoms with Crippen LogP contribution in [0.15, 0.2) is 30.3 Å². The number of hydrogen-bond acceptors (Lipinski definition) is 5. The van der Waals surface area contributed by atoms with Crippen LogP contribution in [0.5, 0.6) is 5.75 Å². The number of aromatic amines is 1. The Kier molecular flexibility index (Phi) is 6.08. The molecular formula is C26H32N4O3. The molecule has 2 aliphatic heterocycles. The highest BCUT2D eigenvalue weighted by Gasteiger charge is 2.27. The number of morpholine rings is 1. The second kappa shape index (κ2) is 9.15. The van der Waals surface area contributed by atoms with Gasteiger partial charge in [0.2, 0.25) is 0 Å². The van der Waals surface area contributed by atoms with E-state index in [1.807, 2.05) is 4.90 Å². The highest BCUT2D eigenvalue weighted by Crippen LogP contribution is 2.31. The number of aromatic hydroxyl groups is 1. The summed E-state index contributed by atoms with van der Waals surface area (Å²) in [7, 11) is 0. The van der Waals surface area contributed by atoms with Gasteiger partial charge >= 0.3 is 0 Å². The molecule has 0 atom stereocenters. The molecule has 3 heterocycles. The van der Waals surface area contributed by atoms with Gasteiger partial charge in [0.15, 0.2) is 0 Å². The minimum Gasteiger partial charge on any atom is -0.507 e. The maximum absolute atomic E-state index is 13.4. The van der Waals surface area contributed by atoms with Gasteiger partial charge in [-0.2, -0.15) is 5.10 Å². The van der Waals surface area contributed by atoms with Crippen molar-refractivity contribution in [3.8, 4) is 5.75 Å². The van der Waals surface area contributed by atoms with E-state index in [-0.39, 0.29) is 11.7 Å². The SMILES string of the molecule is CC(C)CCc1n[nH]c2cc(O)c(C(=O)N3Cc4ccc(CN5CCOCC5)cc4C3)cc12. The van der Waals surface area contributed by atoms with Gasteiger partial charge in [-0.25, -0.2) is 0 Å². The standard InChI is InChI=1S/C26H32N4O3/c1-17(2)3-6-23-21-12-22(25(31)13-24(21)28-27-23)26(32)30-15-19-5-4-18(11-20(19)16-30)14-29-7-9-33-10-8-29/h4-5,11-13,17,31H,3,6-10,14-16H2,1-2H3,(H,27,28). The molecule has 0 spiro atoms. The van der Waals surface area contributed by atoms with Crippen molar-refractivity contribution in [2.75, 3.05) is 26.3 Å². The molecule has 1 aromatic heterocycles. The molecule has 7 heteroatoms. The average molecular weight is 449 g/mol. The van der Waals surface area contributed by atoms with Gasteiger partial charge in [-0.05, 0) is 41.5 Å². The predicted octanol–water partition coefficient (Wildman–Crippen LogP) is 3.85. The lowest BCUT2D eigenvalue weighted by atomic mass is 10.0. The minimum absolute atomic E-state index is 0.00415. The van der Waals surface area contributed by atoms with Crippen LogP contribution < -0.4 is 0 Å². The molecule has 7 nitrogen and oxygen atoms in total. The number of rotatable bonds is 6. The van der Waals surface area contributed by atoms with E-state index < -0.39 is 0 Å². The van der Waals surface area contributed by atoms with Crippen LogP contribution in [0.3, 0.4) is 0 Å². The smallest absolute Gasteiger partial charge is 0.258 e. The summed E-state index contributed by atoms with van der Waals surface area (Å²) in [5, 5.41) is 18.9. The normalized spacial score (nSPS) is 16.6. The highest BCUT2D eigenvalue weighted by molar-refractivity contribution is 6.01. The van der Waals surface area contributed by atoms with Crippen molar-refractivity contribution < 1.29 is 14.6 Å². The van der Waals surface area contributed by atoms with Crippen molar-refractivity contribution in [3.63, 3.8) is 0 Å². The van der Waals surface area contributed by atoms with Gasteiger partial charge in [-0.15, -0.1) is 0 Å². The maximum atomic E-state index is 13.4. The number of nitrogens with zero attached hydrogens (tertiary/aromatic N) is 3. The van der Waals surface area contributed by atoms with E-state index in [1.54, 1.807) is 12.1 Å². The molecule has 0 radical (unpaired) electrons. The summed E-state index contributed by atoms with van der Waals surface area (Å²) in [4.78, 5) is 17.6. The Hall–Kier alpha value is -2.90. The fraction of sp³-hybridized carbons (Fsp3) is 0.462. The van der Waals surface area contributed by atoms with Crippen molar-refractivity contribution in [1.82, 2.24) is 20.0 Å². The summed E-state index contributed by atoms with van der Waals surface area (Å²) >= 11 is 0. The lowest BCUT2D eigenvalue weighted by molar-refractivity contribution is 0.0342. The van der Waals surface area contributed by atoms with E-state index in [0.717, 1.165) is 62.3 Å². The second-order valence-corrected chi connectivity index (χ2v) is 9.67. The number of carbonyl (C=O) groups excluding carboxylic acids is 1. The van der Waals surface area contributed by atoms with Crippen LogP contribution >= 0.6 is 0 Å². The zero-order valence-electron chi connectivity index (χ0n) is 19.4. The minimum atomic E-state index is -0.142. The molecule has 2 N–H and O–H groups in total. The molecule has 33 heavy (non-hydrogen) atoms. The number of H-pyrrole nitrogens is 1. The van der Waals surface area contributed by atoms with Gasteiger partial charge in [0.25, 0.3) is 5.91 Å². The summed E-state index contributed by atoms with van der Waals surface area (Å²) in [6.07, 6.45) is 1.87.